The van der Waals surface area contributed by atoms with Gasteiger partial charge in [0.05, 0.1) is 18.7 Å². The normalized spacial score (nSPS) is 24.8. The maximum absolute atomic E-state index is 12.5. The van der Waals surface area contributed by atoms with Gasteiger partial charge in [0.2, 0.25) is 5.91 Å². The van der Waals surface area contributed by atoms with Crippen molar-refractivity contribution in [1.82, 2.24) is 0 Å². The number of anilines is 1. The van der Waals surface area contributed by atoms with E-state index in [2.05, 4.69) is 0 Å². The lowest BCUT2D eigenvalue weighted by atomic mass is 10.1. The quantitative estimate of drug-likeness (QED) is 0.780. The second-order valence-corrected chi connectivity index (χ2v) is 7.34. The molecule has 0 radical (unpaired) electrons. The third kappa shape index (κ3) is 2.66. The molecule has 5 nitrogen and oxygen atoms in total. The van der Waals surface area contributed by atoms with E-state index in [1.165, 1.54) is 12.8 Å². The molecule has 0 aromatic heterocycles. The Hall–Kier alpha value is -2.04. The summed E-state index contributed by atoms with van der Waals surface area (Å²) in [5.41, 5.74) is 1.60. The molecule has 5 heteroatoms. The average Bonchev–Trinajstić information content (AvgIpc) is 3.46. The molecule has 2 saturated carbocycles. The fraction of sp³-hybridized carbons (Fsp3) is 0.579. The van der Waals surface area contributed by atoms with Crippen molar-refractivity contribution in [3.8, 4) is 5.75 Å². The molecule has 1 amide bonds. The number of nitrogens with zero attached hydrogens (tertiary/aromatic N) is 1. The number of carbonyl (C=O) groups is 2. The molecule has 1 heterocycles. The van der Waals surface area contributed by atoms with Crippen molar-refractivity contribution in [2.45, 2.75) is 44.6 Å². The average molecular weight is 329 g/mol. The summed E-state index contributed by atoms with van der Waals surface area (Å²) in [5, 5.41) is 0. The third-order valence-corrected chi connectivity index (χ3v) is 5.45. The standard InChI is InChI=1S/C19H23NO4/c1-12-3-6-16(23-2)15(9-12)20-11-13(10-17(20)21)18(22)24-19(7-8-19)14-4-5-14/h3,6,9,13-14H,4-5,7-8,10-11H2,1-2H3/t13-/m1/s1. The lowest BCUT2D eigenvalue weighted by Crippen LogP contribution is -2.30. The van der Waals surface area contributed by atoms with Crippen LogP contribution in [-0.4, -0.2) is 31.1 Å². The van der Waals surface area contributed by atoms with Crippen LogP contribution in [0.1, 0.15) is 37.7 Å². The van der Waals surface area contributed by atoms with E-state index in [0.29, 0.717) is 18.2 Å². The van der Waals surface area contributed by atoms with Gasteiger partial charge in [0.1, 0.15) is 11.4 Å². The van der Waals surface area contributed by atoms with E-state index in [1.54, 1.807) is 12.0 Å². The minimum atomic E-state index is -0.376. The van der Waals surface area contributed by atoms with Crippen molar-refractivity contribution in [2.24, 2.45) is 11.8 Å². The van der Waals surface area contributed by atoms with Crippen molar-refractivity contribution < 1.29 is 19.1 Å². The molecule has 1 aromatic carbocycles. The van der Waals surface area contributed by atoms with Gasteiger partial charge in [0.25, 0.3) is 0 Å². The van der Waals surface area contributed by atoms with Gasteiger partial charge in [-0.15, -0.1) is 0 Å². The van der Waals surface area contributed by atoms with Gasteiger partial charge in [-0.1, -0.05) is 6.07 Å². The fourth-order valence-corrected chi connectivity index (χ4v) is 3.72. The summed E-state index contributed by atoms with van der Waals surface area (Å²) in [6.45, 7) is 2.35. The first kappa shape index (κ1) is 15.5. The SMILES string of the molecule is COc1ccc(C)cc1N1C[C@H](C(=O)OC2(C3CC3)CC2)CC1=O. The minimum absolute atomic E-state index is 0.0443. The number of carbonyl (C=O) groups excluding carboxylic acids is 2. The van der Waals surface area contributed by atoms with Gasteiger partial charge in [0, 0.05) is 13.0 Å². The van der Waals surface area contributed by atoms with Crippen LogP contribution in [0.3, 0.4) is 0 Å². The summed E-state index contributed by atoms with van der Waals surface area (Å²) in [5.74, 6) is 0.587. The lowest BCUT2D eigenvalue weighted by Gasteiger charge is -2.21. The minimum Gasteiger partial charge on any atom is -0.495 e. The van der Waals surface area contributed by atoms with Gasteiger partial charge in [-0.05, 0) is 56.2 Å². The van der Waals surface area contributed by atoms with E-state index in [9.17, 15) is 9.59 Å². The zero-order valence-electron chi connectivity index (χ0n) is 14.2. The monoisotopic (exact) mass is 329 g/mol. The van der Waals surface area contributed by atoms with Crippen LogP contribution >= 0.6 is 0 Å². The highest BCUT2D eigenvalue weighted by atomic mass is 16.6. The number of rotatable bonds is 5. The molecule has 3 fully saturated rings. The predicted molar refractivity (Wildman–Crippen MR) is 89.0 cm³/mol. The van der Waals surface area contributed by atoms with Crippen LogP contribution in [0.2, 0.25) is 0 Å². The van der Waals surface area contributed by atoms with Gasteiger partial charge in [-0.3, -0.25) is 9.59 Å². The van der Waals surface area contributed by atoms with Crippen LogP contribution in [0.4, 0.5) is 5.69 Å². The number of amides is 1. The van der Waals surface area contributed by atoms with Crippen LogP contribution < -0.4 is 9.64 Å². The molecule has 0 bridgehead atoms. The molecule has 1 aromatic rings. The van der Waals surface area contributed by atoms with E-state index in [4.69, 9.17) is 9.47 Å². The van der Waals surface area contributed by atoms with E-state index in [1.807, 2.05) is 25.1 Å². The molecule has 128 valence electrons. The van der Waals surface area contributed by atoms with Gasteiger partial charge in [-0.2, -0.15) is 0 Å². The summed E-state index contributed by atoms with van der Waals surface area (Å²) in [6, 6.07) is 5.73. The van der Waals surface area contributed by atoms with E-state index < -0.39 is 0 Å². The largest absolute Gasteiger partial charge is 0.495 e. The maximum Gasteiger partial charge on any atom is 0.311 e. The van der Waals surface area contributed by atoms with Crippen LogP contribution in [0, 0.1) is 18.8 Å². The van der Waals surface area contributed by atoms with Crippen molar-refractivity contribution in [1.29, 1.82) is 0 Å². The van der Waals surface area contributed by atoms with Gasteiger partial charge in [-0.25, -0.2) is 0 Å². The number of benzene rings is 1. The number of esters is 1. The Morgan fingerprint density at radius 2 is 2.04 bits per heavy atom. The molecule has 1 aliphatic heterocycles. The van der Waals surface area contributed by atoms with Crippen molar-refractivity contribution in [2.75, 3.05) is 18.6 Å². The second-order valence-electron chi connectivity index (χ2n) is 7.34. The molecule has 24 heavy (non-hydrogen) atoms. The van der Waals surface area contributed by atoms with Crippen molar-refractivity contribution >= 4 is 17.6 Å². The lowest BCUT2D eigenvalue weighted by molar-refractivity contribution is -0.157. The molecule has 1 saturated heterocycles. The molecular weight excluding hydrogens is 306 g/mol. The number of ether oxygens (including phenoxy) is 2. The topological polar surface area (TPSA) is 55.8 Å². The van der Waals surface area contributed by atoms with E-state index in [-0.39, 0.29) is 29.8 Å². The summed E-state index contributed by atoms with van der Waals surface area (Å²) >= 11 is 0. The van der Waals surface area contributed by atoms with Crippen LogP contribution in [0.25, 0.3) is 0 Å². The Morgan fingerprint density at radius 3 is 2.67 bits per heavy atom. The molecule has 3 aliphatic rings. The first-order valence-electron chi connectivity index (χ1n) is 8.70. The summed E-state index contributed by atoms with van der Waals surface area (Å²) in [4.78, 5) is 26.7. The zero-order valence-corrected chi connectivity index (χ0v) is 14.2. The van der Waals surface area contributed by atoms with Crippen LogP contribution in [0.15, 0.2) is 18.2 Å². The summed E-state index contributed by atoms with van der Waals surface area (Å²) < 4.78 is 11.2. The van der Waals surface area contributed by atoms with E-state index >= 15 is 0 Å². The molecule has 0 N–H and O–H groups in total. The highest BCUT2D eigenvalue weighted by molar-refractivity contribution is 6.00. The van der Waals surface area contributed by atoms with Gasteiger partial charge >= 0.3 is 5.97 Å². The second kappa shape index (κ2) is 5.50. The number of aryl methyl sites for hydroxylation is 1. The molecule has 4 rings (SSSR count). The molecule has 0 spiro atoms. The van der Waals surface area contributed by atoms with Crippen LogP contribution in [0.5, 0.6) is 5.75 Å². The number of methoxy groups -OCH3 is 1. The van der Waals surface area contributed by atoms with Crippen molar-refractivity contribution in [3.63, 3.8) is 0 Å². The summed E-state index contributed by atoms with van der Waals surface area (Å²) in [6.07, 6.45) is 4.53. The first-order valence-corrected chi connectivity index (χ1v) is 8.70. The molecule has 2 aliphatic carbocycles. The Labute approximate surface area is 141 Å². The Kier molecular flexibility index (Phi) is 3.55. The molecule has 0 unspecified atom stereocenters. The Morgan fingerprint density at radius 1 is 1.29 bits per heavy atom. The molecular formula is C19H23NO4. The highest BCUT2D eigenvalue weighted by Gasteiger charge is 2.58. The van der Waals surface area contributed by atoms with Crippen molar-refractivity contribution in [3.05, 3.63) is 23.8 Å². The molecule has 1 atom stereocenters. The van der Waals surface area contributed by atoms with Gasteiger partial charge < -0.3 is 14.4 Å². The smallest absolute Gasteiger partial charge is 0.311 e. The van der Waals surface area contributed by atoms with Crippen LogP contribution in [-0.2, 0) is 14.3 Å². The zero-order chi connectivity index (χ0) is 16.9. The van der Waals surface area contributed by atoms with E-state index in [0.717, 1.165) is 24.1 Å². The predicted octanol–water partition coefficient (Wildman–Crippen LogP) is 2.84. The number of hydrogen-bond donors (Lipinski definition) is 0. The first-order chi connectivity index (χ1) is 11.5. The van der Waals surface area contributed by atoms with Gasteiger partial charge in [0.15, 0.2) is 0 Å². The third-order valence-electron chi connectivity index (χ3n) is 5.45. The Bertz CT molecular complexity index is 691. The highest BCUT2D eigenvalue weighted by Crippen LogP contribution is 2.56. The Balaban J connectivity index is 1.49. The summed E-state index contributed by atoms with van der Waals surface area (Å²) in [7, 11) is 1.59. The number of hydrogen-bond acceptors (Lipinski definition) is 4. The maximum atomic E-state index is 12.5. The fourth-order valence-electron chi connectivity index (χ4n) is 3.72.